The summed E-state index contributed by atoms with van der Waals surface area (Å²) in [5.41, 5.74) is 7.18. The lowest BCUT2D eigenvalue weighted by atomic mass is 9.90. The van der Waals surface area contributed by atoms with E-state index in [9.17, 15) is 4.79 Å². The van der Waals surface area contributed by atoms with Crippen molar-refractivity contribution in [1.82, 2.24) is 10.3 Å². The number of carbonyl (C=O) groups excluding carboxylic acids is 1. The second kappa shape index (κ2) is 5.43. The summed E-state index contributed by atoms with van der Waals surface area (Å²) in [6.07, 6.45) is 3.45. The number of hydrogen-bond acceptors (Lipinski definition) is 3. The number of nitrogens with one attached hydrogen (secondary N) is 1. The van der Waals surface area contributed by atoms with Crippen LogP contribution in [0.4, 0.5) is 5.82 Å². The molecule has 1 aromatic heterocycles. The van der Waals surface area contributed by atoms with Crippen LogP contribution in [-0.2, 0) is 5.41 Å². The minimum absolute atomic E-state index is 0.0386. The first kappa shape index (κ1) is 14.8. The Labute approximate surface area is 121 Å². The zero-order valence-electron chi connectivity index (χ0n) is 12.9. The molecule has 0 bridgehead atoms. The van der Waals surface area contributed by atoms with Crippen LogP contribution < -0.4 is 11.1 Å². The van der Waals surface area contributed by atoms with Gasteiger partial charge in [-0.05, 0) is 30.9 Å². The van der Waals surface area contributed by atoms with Gasteiger partial charge in [-0.2, -0.15) is 0 Å². The highest BCUT2D eigenvalue weighted by Crippen LogP contribution is 2.26. The first-order valence-electron chi connectivity index (χ1n) is 7.36. The van der Waals surface area contributed by atoms with E-state index in [0.29, 0.717) is 17.3 Å². The SMILES string of the molecule is CC1CCCC1NC(=O)c1cc(N)nc(C(C)(C)C)c1. The monoisotopic (exact) mass is 275 g/mol. The van der Waals surface area contributed by atoms with E-state index < -0.39 is 0 Å². The fraction of sp³-hybridized carbons (Fsp3) is 0.625. The van der Waals surface area contributed by atoms with Gasteiger partial charge in [0, 0.05) is 22.7 Å². The van der Waals surface area contributed by atoms with Crippen LogP contribution in [0.2, 0.25) is 0 Å². The van der Waals surface area contributed by atoms with Gasteiger partial charge in [0.2, 0.25) is 0 Å². The van der Waals surface area contributed by atoms with Crippen molar-refractivity contribution in [2.24, 2.45) is 5.92 Å². The summed E-state index contributed by atoms with van der Waals surface area (Å²) in [7, 11) is 0. The van der Waals surface area contributed by atoms with Gasteiger partial charge in [0.25, 0.3) is 5.91 Å². The second-order valence-corrected chi connectivity index (χ2v) is 6.90. The van der Waals surface area contributed by atoms with E-state index in [2.05, 4.69) is 38.0 Å². The molecule has 1 heterocycles. The van der Waals surface area contributed by atoms with E-state index >= 15 is 0 Å². The molecule has 0 aromatic carbocycles. The molecule has 4 heteroatoms. The van der Waals surface area contributed by atoms with E-state index in [0.717, 1.165) is 12.1 Å². The van der Waals surface area contributed by atoms with Gasteiger partial charge in [-0.15, -0.1) is 0 Å². The Kier molecular flexibility index (Phi) is 4.02. The minimum atomic E-state index is -0.120. The van der Waals surface area contributed by atoms with Crippen LogP contribution in [0.3, 0.4) is 0 Å². The number of nitrogens with two attached hydrogens (primary N) is 1. The van der Waals surface area contributed by atoms with Crippen LogP contribution in [0.1, 0.15) is 63.0 Å². The highest BCUT2D eigenvalue weighted by molar-refractivity contribution is 5.95. The quantitative estimate of drug-likeness (QED) is 0.872. The molecule has 1 aliphatic carbocycles. The lowest BCUT2D eigenvalue weighted by molar-refractivity contribution is 0.0929. The number of nitrogens with zero attached hydrogens (tertiary/aromatic N) is 1. The molecule has 3 N–H and O–H groups in total. The lowest BCUT2D eigenvalue weighted by Crippen LogP contribution is -2.36. The standard InChI is InChI=1S/C16H25N3O/c1-10-6-5-7-12(10)18-15(20)11-8-13(16(2,3)4)19-14(17)9-11/h8-10,12H,5-7H2,1-4H3,(H2,17,19)(H,18,20). The van der Waals surface area contributed by atoms with E-state index in [1.54, 1.807) is 6.07 Å². The molecule has 1 aromatic rings. The molecule has 0 spiro atoms. The van der Waals surface area contributed by atoms with Crippen molar-refractivity contribution in [2.75, 3.05) is 5.73 Å². The van der Waals surface area contributed by atoms with Gasteiger partial charge in [-0.25, -0.2) is 4.98 Å². The summed E-state index contributed by atoms with van der Waals surface area (Å²) in [4.78, 5) is 16.7. The molecule has 0 saturated heterocycles. The molecule has 1 aliphatic rings. The largest absolute Gasteiger partial charge is 0.384 e. The highest BCUT2D eigenvalue weighted by atomic mass is 16.1. The molecule has 0 aliphatic heterocycles. The Morgan fingerprint density at radius 2 is 2.05 bits per heavy atom. The highest BCUT2D eigenvalue weighted by Gasteiger charge is 2.26. The fourth-order valence-electron chi connectivity index (χ4n) is 2.68. The number of carbonyl (C=O) groups is 1. The van der Waals surface area contributed by atoms with Gasteiger partial charge in [-0.3, -0.25) is 4.79 Å². The summed E-state index contributed by atoms with van der Waals surface area (Å²) >= 11 is 0. The summed E-state index contributed by atoms with van der Waals surface area (Å²) in [6.45, 7) is 8.39. The topological polar surface area (TPSA) is 68.0 Å². The summed E-state index contributed by atoms with van der Waals surface area (Å²) < 4.78 is 0. The maximum absolute atomic E-state index is 12.4. The van der Waals surface area contributed by atoms with Gasteiger partial charge in [0.05, 0.1) is 0 Å². The molecule has 1 fully saturated rings. The molecule has 4 nitrogen and oxygen atoms in total. The van der Waals surface area contributed by atoms with Gasteiger partial charge >= 0.3 is 0 Å². The van der Waals surface area contributed by atoms with E-state index in [1.165, 1.54) is 12.8 Å². The summed E-state index contributed by atoms with van der Waals surface area (Å²) in [6, 6.07) is 3.80. The molecule has 2 atom stereocenters. The molecule has 1 saturated carbocycles. The van der Waals surface area contributed by atoms with Crippen LogP contribution in [0.5, 0.6) is 0 Å². The van der Waals surface area contributed by atoms with Crippen molar-refractivity contribution in [3.63, 3.8) is 0 Å². The third-order valence-electron chi connectivity index (χ3n) is 4.05. The van der Waals surface area contributed by atoms with Crippen LogP contribution >= 0.6 is 0 Å². The molecule has 20 heavy (non-hydrogen) atoms. The lowest BCUT2D eigenvalue weighted by Gasteiger charge is -2.20. The van der Waals surface area contributed by atoms with E-state index in [4.69, 9.17) is 5.73 Å². The van der Waals surface area contributed by atoms with Gasteiger partial charge < -0.3 is 11.1 Å². The molecular formula is C16H25N3O. The average molecular weight is 275 g/mol. The number of anilines is 1. The average Bonchev–Trinajstić information content (AvgIpc) is 2.73. The second-order valence-electron chi connectivity index (χ2n) is 6.90. The Hall–Kier alpha value is -1.58. The van der Waals surface area contributed by atoms with Crippen molar-refractivity contribution in [2.45, 2.75) is 58.4 Å². The van der Waals surface area contributed by atoms with E-state index in [1.807, 2.05) is 6.07 Å². The third kappa shape index (κ3) is 3.30. The molecule has 110 valence electrons. The molecule has 1 amide bonds. The first-order valence-corrected chi connectivity index (χ1v) is 7.36. The molecule has 2 unspecified atom stereocenters. The Bertz CT molecular complexity index is 505. The predicted molar refractivity (Wildman–Crippen MR) is 81.6 cm³/mol. The fourth-order valence-corrected chi connectivity index (χ4v) is 2.68. The summed E-state index contributed by atoms with van der Waals surface area (Å²) in [5, 5.41) is 3.13. The van der Waals surface area contributed by atoms with Gasteiger partial charge in [-0.1, -0.05) is 34.1 Å². The Balaban J connectivity index is 2.19. The van der Waals surface area contributed by atoms with Crippen LogP contribution in [-0.4, -0.2) is 16.9 Å². The normalized spacial score (nSPS) is 22.8. The van der Waals surface area contributed by atoms with Crippen LogP contribution in [0.25, 0.3) is 0 Å². The number of aromatic nitrogens is 1. The number of hydrogen-bond donors (Lipinski definition) is 2. The van der Waals surface area contributed by atoms with Gasteiger partial charge in [0.1, 0.15) is 5.82 Å². The molecule has 0 radical (unpaired) electrons. The number of nitrogen functional groups attached to an aromatic ring is 1. The van der Waals surface area contributed by atoms with E-state index in [-0.39, 0.29) is 17.4 Å². The predicted octanol–water partition coefficient (Wildman–Crippen LogP) is 2.88. The molecule has 2 rings (SSSR count). The number of rotatable bonds is 2. The zero-order chi connectivity index (χ0) is 14.9. The van der Waals surface area contributed by atoms with Crippen LogP contribution in [0, 0.1) is 5.92 Å². The van der Waals surface area contributed by atoms with Crippen molar-refractivity contribution in [3.8, 4) is 0 Å². The van der Waals surface area contributed by atoms with Crippen molar-refractivity contribution in [1.29, 1.82) is 0 Å². The maximum Gasteiger partial charge on any atom is 0.251 e. The Morgan fingerprint density at radius 3 is 2.60 bits per heavy atom. The zero-order valence-corrected chi connectivity index (χ0v) is 12.9. The third-order valence-corrected chi connectivity index (χ3v) is 4.05. The maximum atomic E-state index is 12.4. The van der Waals surface area contributed by atoms with Crippen molar-refractivity contribution < 1.29 is 4.79 Å². The minimum Gasteiger partial charge on any atom is -0.384 e. The van der Waals surface area contributed by atoms with Gasteiger partial charge in [0.15, 0.2) is 0 Å². The first-order chi connectivity index (χ1) is 9.27. The van der Waals surface area contributed by atoms with Crippen molar-refractivity contribution in [3.05, 3.63) is 23.4 Å². The summed E-state index contributed by atoms with van der Waals surface area (Å²) in [5.74, 6) is 0.922. The number of pyridine rings is 1. The van der Waals surface area contributed by atoms with Crippen LogP contribution in [0.15, 0.2) is 12.1 Å². The molecular weight excluding hydrogens is 250 g/mol. The van der Waals surface area contributed by atoms with Crippen molar-refractivity contribution >= 4 is 11.7 Å². The smallest absolute Gasteiger partial charge is 0.251 e. The Morgan fingerprint density at radius 1 is 1.35 bits per heavy atom. The number of amides is 1.